The van der Waals surface area contributed by atoms with Gasteiger partial charge in [-0.2, -0.15) is 74.5 Å². The minimum Gasteiger partial charge on any atom is -0.370 e. The molecule has 0 radical (unpaired) electrons. The molecule has 2 heterocycles. The number of ether oxygens (including phenoxy) is 2. The quantitative estimate of drug-likeness (QED) is 0.0111. The van der Waals surface area contributed by atoms with Gasteiger partial charge in [-0.3, -0.25) is 28.8 Å². The summed E-state index contributed by atoms with van der Waals surface area (Å²) in [6, 6.07) is 15.6. The number of nitrogens with zero attached hydrogens (tertiary/aromatic N) is 6. The highest BCUT2D eigenvalue weighted by Gasteiger charge is 2.15. The summed E-state index contributed by atoms with van der Waals surface area (Å²) in [5.74, 6) is -0.522. The standard InChI is InChI=1S/C18H21N7O8S3.C14H21N7O8S3.O3S/c1-32-11-19-10-20-33-34-18-24-16(21-12-5-7-14(8-6-12)35(26,27)28)23-17(25-18)22-13-3-2-4-15(9-13)36(29,30)31;1-28-9-15-8-17-29-30-14-20-12(16-6-7-31(22,23)24)19-13(21-14)18-10-2-4-11(5-3-10)32(25,26)27;1-4(2)3/h2-9,19-20H,10-11H2,1H3,(H,26,27,28)(H,29,30,31)(H2,21,22,23,24,25);2-5,15,17H,6-9H2,1H3,(H,22,23,24)(H,25,26,27)(H2,16,18,19,20,21);. The molecule has 396 valence electrons. The first-order valence-electron chi connectivity index (χ1n) is 18.9. The van der Waals surface area contributed by atoms with E-state index >= 15 is 0 Å². The van der Waals surface area contributed by atoms with Gasteiger partial charge in [0.2, 0.25) is 34.1 Å². The number of benzene rings is 3. The van der Waals surface area contributed by atoms with E-state index in [1.807, 2.05) is 0 Å². The Labute approximate surface area is 420 Å². The van der Waals surface area contributed by atoms with E-state index in [0.29, 0.717) is 24.8 Å². The molecule has 0 amide bonds. The molecule has 0 unspecified atom stereocenters. The van der Waals surface area contributed by atoms with Crippen molar-refractivity contribution in [1.82, 2.24) is 51.5 Å². The second kappa shape index (κ2) is 29.9. The van der Waals surface area contributed by atoms with Crippen LogP contribution >= 0.6 is 24.1 Å². The van der Waals surface area contributed by atoms with Crippen LogP contribution in [0.25, 0.3) is 0 Å². The summed E-state index contributed by atoms with van der Waals surface area (Å²) >= 11 is 1.51. The summed E-state index contributed by atoms with van der Waals surface area (Å²) in [6.07, 6.45) is 0. The first-order valence-corrected chi connectivity index (χ1v) is 27.3. The second-order valence-electron chi connectivity index (χ2n) is 12.7. The van der Waals surface area contributed by atoms with E-state index in [1.165, 1.54) is 87.0 Å². The van der Waals surface area contributed by atoms with Crippen molar-refractivity contribution in [3.63, 3.8) is 0 Å². The molecule has 0 bridgehead atoms. The van der Waals surface area contributed by atoms with Gasteiger partial charge in [0, 0.05) is 37.8 Å². The molecule has 5 aromatic rings. The Morgan fingerprint density at radius 3 is 1.31 bits per heavy atom. The minimum absolute atomic E-state index is 0.00171. The molecule has 0 aliphatic rings. The predicted octanol–water partition coefficient (Wildman–Crippen LogP) is 0.368. The number of hydrogen-bond donors (Lipinski definition) is 12. The maximum atomic E-state index is 11.4. The van der Waals surface area contributed by atoms with Crippen LogP contribution in [0.2, 0.25) is 0 Å². The number of hydroxylamine groups is 2. The summed E-state index contributed by atoms with van der Waals surface area (Å²) in [6.45, 7) is 0.948. The fourth-order valence-electron chi connectivity index (χ4n) is 4.47. The van der Waals surface area contributed by atoms with Crippen molar-refractivity contribution in [3.05, 3.63) is 72.8 Å². The third-order valence-electron chi connectivity index (χ3n) is 7.31. The average Bonchev–Trinajstić information content (AvgIpc) is 3.28. The zero-order valence-electron chi connectivity index (χ0n) is 36.6. The minimum atomic E-state index is -4.42. The molecule has 0 fully saturated rings. The van der Waals surface area contributed by atoms with Crippen LogP contribution in [0, 0.1) is 0 Å². The lowest BCUT2D eigenvalue weighted by atomic mass is 10.3. The molecule has 0 saturated heterocycles. The molecule has 5 rings (SSSR count). The van der Waals surface area contributed by atoms with E-state index < -0.39 is 56.8 Å². The predicted molar refractivity (Wildman–Crippen MR) is 253 cm³/mol. The first kappa shape index (κ1) is 60.8. The van der Waals surface area contributed by atoms with Crippen LogP contribution in [0.3, 0.4) is 0 Å². The van der Waals surface area contributed by atoms with Crippen molar-refractivity contribution < 1.29 is 82.6 Å². The van der Waals surface area contributed by atoms with E-state index in [2.05, 4.69) is 72.8 Å². The first-order chi connectivity index (χ1) is 33.8. The monoisotopic (exact) mass is 1150 g/mol. The maximum absolute atomic E-state index is 11.4. The molecular formula is C32H42N14O19S7. The lowest BCUT2D eigenvalue weighted by Gasteiger charge is -2.11. The zero-order valence-corrected chi connectivity index (χ0v) is 42.3. The molecule has 0 aliphatic carbocycles. The van der Waals surface area contributed by atoms with Crippen molar-refractivity contribution >= 4 is 116 Å². The van der Waals surface area contributed by atoms with E-state index in [0.717, 1.165) is 24.1 Å². The second-order valence-corrected chi connectivity index (χ2v) is 20.3. The maximum Gasteiger partial charge on any atom is 0.425 e. The van der Waals surface area contributed by atoms with Gasteiger partial charge in [0.25, 0.3) is 40.5 Å². The van der Waals surface area contributed by atoms with Gasteiger partial charge in [-0.05, 0) is 66.7 Å². The summed E-state index contributed by atoms with van der Waals surface area (Å²) in [5, 5.41) is 17.0. The Hall–Kier alpha value is -5.48. The number of methoxy groups -OCH3 is 2. The summed E-state index contributed by atoms with van der Waals surface area (Å²) in [4.78, 5) is 24.0. The van der Waals surface area contributed by atoms with Crippen molar-refractivity contribution in [2.45, 2.75) is 25.0 Å². The van der Waals surface area contributed by atoms with E-state index in [9.17, 15) is 38.2 Å². The lowest BCUT2D eigenvalue weighted by Crippen LogP contribution is -2.28. The van der Waals surface area contributed by atoms with Gasteiger partial charge < -0.3 is 30.7 Å². The Bertz CT molecular complexity index is 3100. The number of anilines is 7. The van der Waals surface area contributed by atoms with Crippen LogP contribution in [0.1, 0.15) is 0 Å². The number of aromatic nitrogens is 6. The van der Waals surface area contributed by atoms with Crippen LogP contribution in [-0.4, -0.2) is 148 Å². The highest BCUT2D eigenvalue weighted by atomic mass is 32.2. The van der Waals surface area contributed by atoms with Gasteiger partial charge in [0.1, 0.15) is 0 Å². The molecule has 3 aromatic carbocycles. The Kier molecular flexibility index (Phi) is 25.3. The van der Waals surface area contributed by atoms with Gasteiger partial charge in [0.15, 0.2) is 0 Å². The summed E-state index contributed by atoms with van der Waals surface area (Å²) in [5.41, 5.74) is 6.24. The van der Waals surface area contributed by atoms with Crippen LogP contribution in [0.5, 0.6) is 0 Å². The van der Waals surface area contributed by atoms with Crippen LogP contribution < -0.4 is 42.9 Å². The third kappa shape index (κ3) is 25.3. The fraction of sp³-hybridized carbons (Fsp3) is 0.250. The van der Waals surface area contributed by atoms with Gasteiger partial charge in [0.05, 0.1) is 71.3 Å². The number of nitrogens with one attached hydrogen (secondary N) is 8. The fourth-order valence-corrected chi connectivity index (χ4v) is 7.20. The van der Waals surface area contributed by atoms with Crippen LogP contribution in [0.15, 0.2) is 97.8 Å². The van der Waals surface area contributed by atoms with Gasteiger partial charge >= 0.3 is 10.6 Å². The Morgan fingerprint density at radius 1 is 0.528 bits per heavy atom. The van der Waals surface area contributed by atoms with Gasteiger partial charge in [-0.25, -0.2) is 8.57 Å². The van der Waals surface area contributed by atoms with E-state index in [1.54, 1.807) is 0 Å². The van der Waals surface area contributed by atoms with E-state index in [4.69, 9.17) is 44.3 Å². The molecule has 72 heavy (non-hydrogen) atoms. The molecule has 0 saturated carbocycles. The highest BCUT2D eigenvalue weighted by molar-refractivity contribution is 7.94. The summed E-state index contributed by atoms with van der Waals surface area (Å²) in [7, 11) is -17.4. The third-order valence-corrected chi connectivity index (χ3v) is 11.7. The molecule has 33 nitrogen and oxygen atoms in total. The lowest BCUT2D eigenvalue weighted by molar-refractivity contribution is 0.148. The molecule has 40 heteroatoms. The van der Waals surface area contributed by atoms with Crippen LogP contribution in [-0.2, 0) is 69.1 Å². The van der Waals surface area contributed by atoms with E-state index in [-0.39, 0.29) is 74.4 Å². The Balaban J connectivity index is 0.000000356. The zero-order chi connectivity index (χ0) is 53.4. The molecule has 0 atom stereocenters. The molecule has 0 aliphatic heterocycles. The summed E-state index contributed by atoms with van der Waals surface area (Å²) < 4.78 is 171. The highest BCUT2D eigenvalue weighted by Crippen LogP contribution is 2.25. The largest absolute Gasteiger partial charge is 0.425 e. The number of hydrogen-bond acceptors (Lipinski definition) is 31. The number of rotatable bonds is 27. The SMILES string of the molecule is COCNCNOSc1nc(NCCS(=O)(=O)O)nc(Nc2ccc(S(=O)(=O)O)cc2)n1.COCNCNOSc1nc(Nc2ccc(S(=O)(=O)O)cc2)nc(Nc2cccc(S(=O)(=O)O)c2)n1.O=S(=O)=O. The van der Waals surface area contributed by atoms with Crippen molar-refractivity contribution in [2.24, 2.45) is 0 Å². The van der Waals surface area contributed by atoms with Crippen LogP contribution in [0.4, 0.5) is 40.9 Å². The molecule has 12 N–H and O–H groups in total. The van der Waals surface area contributed by atoms with Gasteiger partial charge in [-0.1, -0.05) is 6.07 Å². The average molecular weight is 1150 g/mol. The van der Waals surface area contributed by atoms with Gasteiger partial charge in [-0.15, -0.1) is 12.6 Å². The molecule has 0 spiro atoms. The normalized spacial score (nSPS) is 11.6. The molecule has 2 aromatic heterocycles. The Morgan fingerprint density at radius 2 is 0.917 bits per heavy atom. The smallest absolute Gasteiger partial charge is 0.370 e. The topological polar surface area (TPSA) is 479 Å². The van der Waals surface area contributed by atoms with Crippen molar-refractivity contribution in [1.29, 1.82) is 0 Å². The van der Waals surface area contributed by atoms with Crippen molar-refractivity contribution in [2.75, 3.05) is 74.6 Å². The molecular weight excluding hydrogens is 1110 g/mol. The van der Waals surface area contributed by atoms with Crippen molar-refractivity contribution in [3.8, 4) is 0 Å².